The van der Waals surface area contributed by atoms with Crippen LogP contribution in [0.2, 0.25) is 5.02 Å². The molecule has 1 N–H and O–H groups in total. The zero-order chi connectivity index (χ0) is 24.2. The summed E-state index contributed by atoms with van der Waals surface area (Å²) < 4.78 is 31.3. The van der Waals surface area contributed by atoms with Gasteiger partial charge in [-0.05, 0) is 25.1 Å². The van der Waals surface area contributed by atoms with Gasteiger partial charge >= 0.3 is 0 Å². The zero-order valence-corrected chi connectivity index (χ0v) is 19.9. The van der Waals surface area contributed by atoms with Crippen LogP contribution in [0.1, 0.15) is 19.8 Å². The fourth-order valence-corrected chi connectivity index (χ4v) is 4.05. The lowest BCUT2D eigenvalue weighted by Gasteiger charge is -2.33. The molecule has 4 rings (SSSR count). The van der Waals surface area contributed by atoms with Gasteiger partial charge in [0.1, 0.15) is 24.4 Å². The predicted molar refractivity (Wildman–Crippen MR) is 127 cm³/mol. The van der Waals surface area contributed by atoms with Gasteiger partial charge in [-0.3, -0.25) is 4.79 Å². The van der Waals surface area contributed by atoms with Crippen molar-refractivity contribution < 1.29 is 23.4 Å². The molecule has 1 aromatic heterocycles. The number of rotatable bonds is 7. The Bertz CT molecular complexity index is 1190. The number of ether oxygens (including phenoxy) is 3. The van der Waals surface area contributed by atoms with Crippen LogP contribution in [0.3, 0.4) is 0 Å². The van der Waals surface area contributed by atoms with Crippen LogP contribution in [-0.4, -0.2) is 60.3 Å². The molecule has 1 fully saturated rings. The van der Waals surface area contributed by atoms with E-state index in [1.807, 2.05) is 0 Å². The summed E-state index contributed by atoms with van der Waals surface area (Å²) in [6.45, 7) is 2.93. The minimum absolute atomic E-state index is 0.0149. The van der Waals surface area contributed by atoms with E-state index in [0.717, 1.165) is 0 Å². The summed E-state index contributed by atoms with van der Waals surface area (Å²) in [6.07, 6.45) is 2.24. The fourth-order valence-electron chi connectivity index (χ4n) is 3.87. The molecule has 8 nitrogen and oxygen atoms in total. The minimum atomic E-state index is -0.562. The Morgan fingerprint density at radius 2 is 1.97 bits per heavy atom. The Morgan fingerprint density at radius 3 is 2.68 bits per heavy atom. The Hall–Kier alpha value is -3.17. The van der Waals surface area contributed by atoms with E-state index in [9.17, 15) is 9.18 Å². The minimum Gasteiger partial charge on any atom is -0.493 e. The Labute approximate surface area is 202 Å². The van der Waals surface area contributed by atoms with Gasteiger partial charge in [0, 0.05) is 44.5 Å². The summed E-state index contributed by atoms with van der Waals surface area (Å²) in [7, 11) is 3.08. The van der Waals surface area contributed by atoms with E-state index in [2.05, 4.69) is 15.3 Å². The summed E-state index contributed by atoms with van der Waals surface area (Å²) >= 11 is 5.90. The van der Waals surface area contributed by atoms with Gasteiger partial charge < -0.3 is 24.4 Å². The number of hydrogen-bond acceptors (Lipinski definition) is 7. The smallest absolute Gasteiger partial charge is 0.251 e. The van der Waals surface area contributed by atoms with Gasteiger partial charge in [-0.25, -0.2) is 14.4 Å². The largest absolute Gasteiger partial charge is 0.493 e. The standard InChI is InChI=1S/C24H26ClFN4O4/c1-14(32-2)24(31)30-9-7-15(8-10-30)34-21-12-19-16(11-20(21)33-3)23(28-13-27-19)29-18-6-4-5-17(25)22(18)26/h4-6,11-15H,7-10H2,1-3H3,(H,27,28,29)/t14-/m1/s1. The third-order valence-corrected chi connectivity index (χ3v) is 6.17. The molecule has 1 saturated heterocycles. The van der Waals surface area contributed by atoms with Crippen molar-refractivity contribution in [1.82, 2.24) is 14.9 Å². The molecule has 3 aromatic rings. The van der Waals surface area contributed by atoms with Crippen LogP contribution in [0.15, 0.2) is 36.7 Å². The Morgan fingerprint density at radius 1 is 1.21 bits per heavy atom. The number of carbonyl (C=O) groups excluding carboxylic acids is 1. The SMILES string of the molecule is COc1cc2c(Nc3cccc(Cl)c3F)ncnc2cc1OC1CCN(C(=O)[C@@H](C)OC)CC1. The van der Waals surface area contributed by atoms with Crippen molar-refractivity contribution in [3.63, 3.8) is 0 Å². The van der Waals surface area contributed by atoms with Crippen LogP contribution in [0.5, 0.6) is 11.5 Å². The summed E-state index contributed by atoms with van der Waals surface area (Å²) in [5.41, 5.74) is 0.813. The van der Waals surface area contributed by atoms with Crippen molar-refractivity contribution in [1.29, 1.82) is 0 Å². The normalized spacial score (nSPS) is 15.3. The molecule has 0 saturated carbocycles. The quantitative estimate of drug-likeness (QED) is 0.521. The van der Waals surface area contributed by atoms with E-state index in [4.69, 9.17) is 25.8 Å². The molecule has 0 radical (unpaired) electrons. The van der Waals surface area contributed by atoms with E-state index in [0.29, 0.717) is 54.2 Å². The summed E-state index contributed by atoms with van der Waals surface area (Å²) in [6, 6.07) is 8.24. The van der Waals surface area contributed by atoms with E-state index in [1.165, 1.54) is 19.5 Å². The Balaban J connectivity index is 1.54. The first-order valence-corrected chi connectivity index (χ1v) is 11.3. The second kappa shape index (κ2) is 10.4. The molecule has 1 amide bonds. The topological polar surface area (TPSA) is 85.8 Å². The third-order valence-electron chi connectivity index (χ3n) is 5.87. The molecule has 0 bridgehead atoms. The zero-order valence-electron chi connectivity index (χ0n) is 19.2. The lowest BCUT2D eigenvalue weighted by molar-refractivity contribution is -0.142. The summed E-state index contributed by atoms with van der Waals surface area (Å²) in [4.78, 5) is 22.7. The molecule has 180 valence electrons. The molecule has 0 aliphatic carbocycles. The van der Waals surface area contributed by atoms with Crippen LogP contribution in [0.4, 0.5) is 15.9 Å². The molecule has 2 aromatic carbocycles. The average molecular weight is 489 g/mol. The molecule has 1 atom stereocenters. The highest BCUT2D eigenvalue weighted by Gasteiger charge is 2.27. The second-order valence-corrected chi connectivity index (χ2v) is 8.40. The lowest BCUT2D eigenvalue weighted by Crippen LogP contribution is -2.45. The first kappa shape index (κ1) is 24.0. The summed E-state index contributed by atoms with van der Waals surface area (Å²) in [5.74, 6) is 0.881. The van der Waals surface area contributed by atoms with Crippen molar-refractivity contribution in [3.05, 3.63) is 47.5 Å². The van der Waals surface area contributed by atoms with Gasteiger partial charge in [0.2, 0.25) is 0 Å². The van der Waals surface area contributed by atoms with Crippen molar-refractivity contribution in [2.75, 3.05) is 32.6 Å². The summed E-state index contributed by atoms with van der Waals surface area (Å²) in [5, 5.41) is 3.64. The van der Waals surface area contributed by atoms with E-state index in [-0.39, 0.29) is 22.7 Å². The number of carbonyl (C=O) groups is 1. The second-order valence-electron chi connectivity index (χ2n) is 7.99. The fraction of sp³-hybridized carbons (Fsp3) is 0.375. The maximum Gasteiger partial charge on any atom is 0.251 e. The average Bonchev–Trinajstić information content (AvgIpc) is 2.86. The van der Waals surface area contributed by atoms with Gasteiger partial charge in [-0.1, -0.05) is 17.7 Å². The number of nitrogens with zero attached hydrogens (tertiary/aromatic N) is 3. The van der Waals surface area contributed by atoms with Gasteiger partial charge in [-0.2, -0.15) is 0 Å². The highest BCUT2D eigenvalue weighted by Crippen LogP contribution is 2.36. The maximum absolute atomic E-state index is 14.4. The molecule has 0 spiro atoms. The number of amides is 1. The molecule has 10 heteroatoms. The van der Waals surface area contributed by atoms with E-state index in [1.54, 1.807) is 43.2 Å². The number of fused-ring (bicyclic) bond motifs is 1. The van der Waals surface area contributed by atoms with Crippen molar-refractivity contribution in [2.45, 2.75) is 32.0 Å². The van der Waals surface area contributed by atoms with Crippen LogP contribution < -0.4 is 14.8 Å². The monoisotopic (exact) mass is 488 g/mol. The van der Waals surface area contributed by atoms with Gasteiger partial charge in [0.15, 0.2) is 17.3 Å². The van der Waals surface area contributed by atoms with Gasteiger partial charge in [0.25, 0.3) is 5.91 Å². The van der Waals surface area contributed by atoms with Crippen LogP contribution >= 0.6 is 11.6 Å². The third kappa shape index (κ3) is 5.00. The number of likely N-dealkylation sites (tertiary alicyclic amines) is 1. The predicted octanol–water partition coefficient (Wildman–Crippen LogP) is 4.58. The number of anilines is 2. The first-order valence-electron chi connectivity index (χ1n) is 10.9. The Kier molecular flexibility index (Phi) is 7.33. The number of nitrogens with one attached hydrogen (secondary N) is 1. The first-order chi connectivity index (χ1) is 16.4. The van der Waals surface area contributed by atoms with E-state index >= 15 is 0 Å². The molecule has 2 heterocycles. The van der Waals surface area contributed by atoms with Crippen LogP contribution in [0, 0.1) is 5.82 Å². The molecular weight excluding hydrogens is 463 g/mol. The van der Waals surface area contributed by atoms with Crippen LogP contribution in [0.25, 0.3) is 10.9 Å². The number of benzene rings is 2. The molecule has 1 aliphatic heterocycles. The van der Waals surface area contributed by atoms with Crippen LogP contribution in [-0.2, 0) is 9.53 Å². The number of methoxy groups -OCH3 is 2. The van der Waals surface area contributed by atoms with Crippen molar-refractivity contribution in [2.24, 2.45) is 0 Å². The highest BCUT2D eigenvalue weighted by atomic mass is 35.5. The van der Waals surface area contributed by atoms with E-state index < -0.39 is 11.9 Å². The molecule has 34 heavy (non-hydrogen) atoms. The molecular formula is C24H26ClFN4O4. The number of hydrogen-bond donors (Lipinski definition) is 1. The number of aromatic nitrogens is 2. The molecule has 0 unspecified atom stereocenters. The highest BCUT2D eigenvalue weighted by molar-refractivity contribution is 6.31. The molecule has 1 aliphatic rings. The van der Waals surface area contributed by atoms with Crippen molar-refractivity contribution in [3.8, 4) is 11.5 Å². The number of piperidine rings is 1. The lowest BCUT2D eigenvalue weighted by atomic mass is 10.1. The van der Waals surface area contributed by atoms with Crippen molar-refractivity contribution >= 4 is 39.9 Å². The number of halogens is 2. The maximum atomic E-state index is 14.4. The van der Waals surface area contributed by atoms with Gasteiger partial charge in [0.05, 0.1) is 23.3 Å². The van der Waals surface area contributed by atoms with Gasteiger partial charge in [-0.15, -0.1) is 0 Å².